The zero-order valence-electron chi connectivity index (χ0n) is 15.5. The number of fused-ring (bicyclic) bond motifs is 2. The van der Waals surface area contributed by atoms with Crippen molar-refractivity contribution in [2.75, 3.05) is 0 Å². The molecular formula is C22H19ClF2O3. The Hall–Kier alpha value is -2.24. The minimum atomic E-state index is -1.09. The van der Waals surface area contributed by atoms with Crippen LogP contribution in [0.2, 0.25) is 5.02 Å². The van der Waals surface area contributed by atoms with Crippen molar-refractivity contribution < 1.29 is 23.4 Å². The van der Waals surface area contributed by atoms with E-state index in [0.717, 1.165) is 5.56 Å². The van der Waals surface area contributed by atoms with Crippen LogP contribution in [-0.4, -0.2) is 22.6 Å². The molecule has 0 unspecified atom stereocenters. The number of ether oxygens (including phenoxy) is 1. The fraction of sp³-hybridized carbons (Fsp3) is 0.318. The highest BCUT2D eigenvalue weighted by Crippen LogP contribution is 2.45. The van der Waals surface area contributed by atoms with Gasteiger partial charge in [-0.3, -0.25) is 4.79 Å². The third-order valence-electron chi connectivity index (χ3n) is 5.66. The number of Topliss-reactive ketones (excluding diaryl/α,β-unsaturated/α-hetero) is 1. The number of hydrogen-bond donors (Lipinski definition) is 1. The van der Waals surface area contributed by atoms with E-state index in [1.807, 2.05) is 6.92 Å². The zero-order chi connectivity index (χ0) is 20.2. The summed E-state index contributed by atoms with van der Waals surface area (Å²) in [6.07, 6.45) is 1.14. The fourth-order valence-corrected chi connectivity index (χ4v) is 4.19. The lowest BCUT2D eigenvalue weighted by Gasteiger charge is -2.31. The number of halogens is 3. The molecule has 0 saturated carbocycles. The first-order valence-electron chi connectivity index (χ1n) is 9.19. The van der Waals surface area contributed by atoms with Crippen molar-refractivity contribution in [1.82, 2.24) is 0 Å². The number of rotatable bonds is 3. The molecule has 0 amide bonds. The second kappa shape index (κ2) is 6.68. The van der Waals surface area contributed by atoms with Crippen LogP contribution in [0.3, 0.4) is 0 Å². The van der Waals surface area contributed by atoms with E-state index >= 15 is 0 Å². The number of hydrogen-bond acceptors (Lipinski definition) is 3. The van der Waals surface area contributed by atoms with Gasteiger partial charge in [0.05, 0.1) is 10.6 Å². The highest BCUT2D eigenvalue weighted by Gasteiger charge is 2.50. The maximum Gasteiger partial charge on any atom is 0.195 e. The number of aryl methyl sites for hydroxylation is 1. The van der Waals surface area contributed by atoms with Crippen molar-refractivity contribution in [2.24, 2.45) is 0 Å². The van der Waals surface area contributed by atoms with Crippen molar-refractivity contribution in [3.05, 3.63) is 63.9 Å². The Kier molecular flexibility index (Phi) is 4.55. The van der Waals surface area contributed by atoms with Crippen LogP contribution in [0.15, 0.2) is 36.1 Å². The van der Waals surface area contributed by atoms with Gasteiger partial charge in [0, 0.05) is 5.56 Å². The molecule has 6 heteroatoms. The van der Waals surface area contributed by atoms with Gasteiger partial charge in [0.2, 0.25) is 0 Å². The Morgan fingerprint density at radius 3 is 2.64 bits per heavy atom. The molecule has 146 valence electrons. The summed E-state index contributed by atoms with van der Waals surface area (Å²) < 4.78 is 33.9. The average Bonchev–Trinajstić information content (AvgIpc) is 3.06. The highest BCUT2D eigenvalue weighted by atomic mass is 35.5. The maximum atomic E-state index is 14.3. The molecule has 2 aliphatic heterocycles. The van der Waals surface area contributed by atoms with Gasteiger partial charge in [0.15, 0.2) is 17.4 Å². The molecule has 0 aromatic heterocycles. The molecule has 2 aliphatic rings. The smallest absolute Gasteiger partial charge is 0.195 e. The molecule has 2 aromatic carbocycles. The second-order valence-corrected chi connectivity index (χ2v) is 7.82. The van der Waals surface area contributed by atoms with Crippen LogP contribution in [0, 0.1) is 11.6 Å². The molecule has 1 fully saturated rings. The summed E-state index contributed by atoms with van der Waals surface area (Å²) in [6, 6.07) is 7.75. The van der Waals surface area contributed by atoms with E-state index in [0.29, 0.717) is 30.4 Å². The van der Waals surface area contributed by atoms with Crippen molar-refractivity contribution in [3.63, 3.8) is 0 Å². The standard InChI is InChI=1S/C22H19ClF2O3/c1-3-11-10-12(14-6-7-15(23)19(25)18(14)24)4-5-13(11)17-20(26)16-8-9-22(2,28-16)21(17)27/h4-7,10,16,27H,3,8-9H2,1-2H3/t16-,22-/m1/s1. The number of aliphatic hydroxyl groups is 1. The summed E-state index contributed by atoms with van der Waals surface area (Å²) in [4.78, 5) is 12.8. The quantitative estimate of drug-likeness (QED) is 0.673. The lowest BCUT2D eigenvalue weighted by Crippen LogP contribution is -2.37. The van der Waals surface area contributed by atoms with Gasteiger partial charge >= 0.3 is 0 Å². The SMILES string of the molecule is CCc1cc(-c2ccc(Cl)c(F)c2F)ccc1C1=C(O)[C@@]2(C)CC[C@@H](O2)C1=O. The number of carbonyl (C=O) groups excluding carboxylic acids is 1. The summed E-state index contributed by atoms with van der Waals surface area (Å²) in [5.41, 5.74) is 1.33. The summed E-state index contributed by atoms with van der Waals surface area (Å²) in [5.74, 6) is -2.40. The number of benzene rings is 2. The highest BCUT2D eigenvalue weighted by molar-refractivity contribution is 6.30. The molecular weight excluding hydrogens is 386 g/mol. The normalized spacial score (nSPS) is 24.2. The van der Waals surface area contributed by atoms with Gasteiger partial charge in [-0.15, -0.1) is 0 Å². The Labute approximate surface area is 166 Å². The fourth-order valence-electron chi connectivity index (χ4n) is 4.05. The Balaban J connectivity index is 1.85. The summed E-state index contributed by atoms with van der Waals surface area (Å²) in [7, 11) is 0. The lowest BCUT2D eigenvalue weighted by molar-refractivity contribution is -0.130. The van der Waals surface area contributed by atoms with Crippen molar-refractivity contribution in [2.45, 2.75) is 44.8 Å². The van der Waals surface area contributed by atoms with Crippen LogP contribution in [0.5, 0.6) is 0 Å². The molecule has 3 nitrogen and oxygen atoms in total. The van der Waals surface area contributed by atoms with Gasteiger partial charge in [-0.2, -0.15) is 0 Å². The van der Waals surface area contributed by atoms with Crippen LogP contribution in [0.4, 0.5) is 8.78 Å². The van der Waals surface area contributed by atoms with E-state index in [-0.39, 0.29) is 27.7 Å². The summed E-state index contributed by atoms with van der Waals surface area (Å²) >= 11 is 5.64. The van der Waals surface area contributed by atoms with E-state index in [1.165, 1.54) is 12.1 Å². The molecule has 2 atom stereocenters. The predicted molar refractivity (Wildman–Crippen MR) is 103 cm³/mol. The number of ketones is 1. The zero-order valence-corrected chi connectivity index (χ0v) is 16.2. The molecule has 0 spiro atoms. The largest absolute Gasteiger partial charge is 0.508 e. The van der Waals surface area contributed by atoms with Crippen LogP contribution in [-0.2, 0) is 16.0 Å². The number of aliphatic hydroxyl groups excluding tert-OH is 1. The van der Waals surface area contributed by atoms with E-state index < -0.39 is 23.3 Å². The predicted octanol–water partition coefficient (Wildman–Crippen LogP) is 5.64. The van der Waals surface area contributed by atoms with Gasteiger partial charge < -0.3 is 9.84 Å². The third-order valence-corrected chi connectivity index (χ3v) is 5.96. The van der Waals surface area contributed by atoms with Crippen LogP contribution >= 0.6 is 11.6 Å². The topological polar surface area (TPSA) is 46.5 Å². The molecule has 0 aliphatic carbocycles. The Morgan fingerprint density at radius 2 is 1.93 bits per heavy atom. The molecule has 1 N–H and O–H groups in total. The lowest BCUT2D eigenvalue weighted by atomic mass is 9.87. The van der Waals surface area contributed by atoms with Crippen LogP contribution in [0.1, 0.15) is 37.8 Å². The van der Waals surface area contributed by atoms with Crippen molar-refractivity contribution in [3.8, 4) is 11.1 Å². The van der Waals surface area contributed by atoms with Gasteiger partial charge in [-0.25, -0.2) is 8.78 Å². The first-order chi connectivity index (χ1) is 13.3. The van der Waals surface area contributed by atoms with Crippen molar-refractivity contribution >= 4 is 23.0 Å². The molecule has 0 radical (unpaired) electrons. The van der Waals surface area contributed by atoms with E-state index in [2.05, 4.69) is 0 Å². The molecule has 1 saturated heterocycles. The third kappa shape index (κ3) is 2.76. The molecule has 2 aromatic rings. The van der Waals surface area contributed by atoms with Crippen LogP contribution in [0.25, 0.3) is 16.7 Å². The Morgan fingerprint density at radius 1 is 1.21 bits per heavy atom. The van der Waals surface area contributed by atoms with Crippen molar-refractivity contribution in [1.29, 1.82) is 0 Å². The van der Waals surface area contributed by atoms with E-state index in [9.17, 15) is 18.7 Å². The minimum absolute atomic E-state index is 0.0579. The monoisotopic (exact) mass is 404 g/mol. The maximum absolute atomic E-state index is 14.3. The molecule has 28 heavy (non-hydrogen) atoms. The second-order valence-electron chi connectivity index (χ2n) is 7.41. The average molecular weight is 405 g/mol. The number of carbonyl (C=O) groups is 1. The van der Waals surface area contributed by atoms with Gasteiger partial charge in [-0.1, -0.05) is 36.7 Å². The van der Waals surface area contributed by atoms with Gasteiger partial charge in [0.1, 0.15) is 17.5 Å². The van der Waals surface area contributed by atoms with E-state index in [4.69, 9.17) is 16.3 Å². The minimum Gasteiger partial charge on any atom is -0.508 e. The molecule has 2 heterocycles. The van der Waals surface area contributed by atoms with Gasteiger partial charge in [0.25, 0.3) is 0 Å². The molecule has 4 rings (SSSR count). The van der Waals surface area contributed by atoms with Gasteiger partial charge in [-0.05, 0) is 55.0 Å². The summed E-state index contributed by atoms with van der Waals surface area (Å²) in [5, 5.41) is 10.5. The Bertz CT molecular complexity index is 1030. The van der Waals surface area contributed by atoms with E-state index in [1.54, 1.807) is 25.1 Å². The first-order valence-corrected chi connectivity index (χ1v) is 9.57. The van der Waals surface area contributed by atoms with Crippen LogP contribution < -0.4 is 0 Å². The molecule has 2 bridgehead atoms. The summed E-state index contributed by atoms with van der Waals surface area (Å²) in [6.45, 7) is 3.68. The first kappa shape index (κ1) is 19.1.